The smallest absolute Gasteiger partial charge is 0.333 e. The number of carbonyl (C=O) groups is 1. The fourth-order valence-electron chi connectivity index (χ4n) is 3.27. The molecule has 0 atom stereocenters. The van der Waals surface area contributed by atoms with Crippen molar-refractivity contribution in [3.05, 3.63) is 96.7 Å². The van der Waals surface area contributed by atoms with Crippen LogP contribution in [0.4, 0.5) is 0 Å². The maximum Gasteiger partial charge on any atom is 0.333 e. The van der Waals surface area contributed by atoms with Crippen LogP contribution in [0.1, 0.15) is 20.9 Å². The van der Waals surface area contributed by atoms with Crippen molar-refractivity contribution in [1.82, 2.24) is 19.9 Å². The highest BCUT2D eigenvalue weighted by atomic mass is 35.5. The number of benzene rings is 2. The Morgan fingerprint density at radius 1 is 1.18 bits per heavy atom. The van der Waals surface area contributed by atoms with Gasteiger partial charge in [0, 0.05) is 16.6 Å². The SMILES string of the molecule is COc1ccccc1-n1c(=O)[nH]cc(C(=O)NCc2sc(-c3ccccc3Cl)nc2C)c1=O. The molecular weight excluding hydrogens is 464 g/mol. The molecule has 168 valence electrons. The van der Waals surface area contributed by atoms with E-state index in [1.165, 1.54) is 18.4 Å². The Morgan fingerprint density at radius 3 is 2.67 bits per heavy atom. The number of halogens is 1. The van der Waals surface area contributed by atoms with Gasteiger partial charge in [-0.25, -0.2) is 14.3 Å². The molecule has 8 nitrogen and oxygen atoms in total. The van der Waals surface area contributed by atoms with Crippen molar-refractivity contribution in [2.75, 3.05) is 7.11 Å². The molecule has 2 aromatic carbocycles. The quantitative estimate of drug-likeness (QED) is 0.437. The van der Waals surface area contributed by atoms with E-state index in [4.69, 9.17) is 16.3 Å². The molecule has 10 heteroatoms. The van der Waals surface area contributed by atoms with Gasteiger partial charge in [0.05, 0.1) is 30.1 Å². The van der Waals surface area contributed by atoms with Crippen molar-refractivity contribution in [1.29, 1.82) is 0 Å². The summed E-state index contributed by atoms with van der Waals surface area (Å²) < 4.78 is 6.12. The van der Waals surface area contributed by atoms with E-state index in [2.05, 4.69) is 15.3 Å². The number of ether oxygens (including phenoxy) is 1. The molecule has 2 aromatic heterocycles. The van der Waals surface area contributed by atoms with Crippen LogP contribution in [0, 0.1) is 6.92 Å². The Morgan fingerprint density at radius 2 is 1.91 bits per heavy atom. The van der Waals surface area contributed by atoms with Crippen LogP contribution < -0.4 is 21.3 Å². The van der Waals surface area contributed by atoms with Gasteiger partial charge in [0.25, 0.3) is 11.5 Å². The van der Waals surface area contributed by atoms with Crippen LogP contribution in [0.3, 0.4) is 0 Å². The normalized spacial score (nSPS) is 10.8. The van der Waals surface area contributed by atoms with Gasteiger partial charge in [0.2, 0.25) is 0 Å². The third-order valence-corrected chi connectivity index (χ3v) is 6.47. The predicted molar refractivity (Wildman–Crippen MR) is 128 cm³/mol. The lowest BCUT2D eigenvalue weighted by Crippen LogP contribution is -2.39. The average Bonchev–Trinajstić information content (AvgIpc) is 3.18. The lowest BCUT2D eigenvalue weighted by Gasteiger charge is -2.11. The largest absolute Gasteiger partial charge is 0.495 e. The Labute approximate surface area is 197 Å². The summed E-state index contributed by atoms with van der Waals surface area (Å²) >= 11 is 7.67. The van der Waals surface area contributed by atoms with Crippen LogP contribution in [0.15, 0.2) is 64.3 Å². The first-order valence-corrected chi connectivity index (χ1v) is 11.1. The molecule has 1 amide bonds. The van der Waals surface area contributed by atoms with Crippen LogP contribution >= 0.6 is 22.9 Å². The maximum absolute atomic E-state index is 13.0. The molecule has 0 bridgehead atoms. The molecule has 2 N–H and O–H groups in total. The number of aromatic nitrogens is 3. The van der Waals surface area contributed by atoms with Crippen LogP contribution in [0.5, 0.6) is 5.75 Å². The van der Waals surface area contributed by atoms with Gasteiger partial charge in [-0.1, -0.05) is 41.9 Å². The van der Waals surface area contributed by atoms with E-state index in [9.17, 15) is 14.4 Å². The number of hydrogen-bond donors (Lipinski definition) is 2. The Bertz CT molecular complexity index is 1460. The van der Waals surface area contributed by atoms with E-state index >= 15 is 0 Å². The maximum atomic E-state index is 13.0. The number of aromatic amines is 1. The molecular formula is C23H19ClN4O4S. The van der Waals surface area contributed by atoms with Gasteiger partial charge in [-0.2, -0.15) is 0 Å². The number of nitrogens with one attached hydrogen (secondary N) is 2. The number of aryl methyl sites for hydroxylation is 1. The molecule has 0 spiro atoms. The van der Waals surface area contributed by atoms with Crippen LogP contribution in [-0.2, 0) is 6.54 Å². The zero-order valence-corrected chi connectivity index (χ0v) is 19.3. The summed E-state index contributed by atoms with van der Waals surface area (Å²) in [6.45, 7) is 2.01. The van der Waals surface area contributed by atoms with Crippen molar-refractivity contribution in [2.24, 2.45) is 0 Å². The monoisotopic (exact) mass is 482 g/mol. The van der Waals surface area contributed by atoms with E-state index in [1.807, 2.05) is 25.1 Å². The zero-order chi connectivity index (χ0) is 23.5. The lowest BCUT2D eigenvalue weighted by molar-refractivity contribution is 0.0949. The van der Waals surface area contributed by atoms with Crippen molar-refractivity contribution < 1.29 is 9.53 Å². The molecule has 0 aliphatic heterocycles. The summed E-state index contributed by atoms with van der Waals surface area (Å²) in [6.07, 6.45) is 1.11. The topological polar surface area (TPSA) is 106 Å². The van der Waals surface area contributed by atoms with Crippen molar-refractivity contribution in [3.8, 4) is 22.0 Å². The van der Waals surface area contributed by atoms with Crippen molar-refractivity contribution in [3.63, 3.8) is 0 Å². The van der Waals surface area contributed by atoms with Gasteiger partial charge >= 0.3 is 5.69 Å². The molecule has 0 saturated carbocycles. The first kappa shape index (κ1) is 22.5. The van der Waals surface area contributed by atoms with Gasteiger partial charge in [-0.3, -0.25) is 9.59 Å². The molecule has 33 heavy (non-hydrogen) atoms. The second kappa shape index (κ2) is 9.43. The minimum atomic E-state index is -0.751. The third kappa shape index (κ3) is 4.46. The molecule has 0 saturated heterocycles. The summed E-state index contributed by atoms with van der Waals surface area (Å²) in [5.74, 6) is -0.290. The number of thiazole rings is 1. The van der Waals surface area contributed by atoms with Crippen LogP contribution in [-0.4, -0.2) is 27.6 Å². The second-order valence-corrected chi connectivity index (χ2v) is 8.50. The Hall–Kier alpha value is -3.69. The molecule has 4 aromatic rings. The number of hydrogen-bond acceptors (Lipinski definition) is 6. The van der Waals surface area contributed by atoms with Crippen molar-refractivity contribution >= 4 is 28.8 Å². The number of methoxy groups -OCH3 is 1. The third-order valence-electron chi connectivity index (χ3n) is 4.95. The number of para-hydroxylation sites is 2. The second-order valence-electron chi connectivity index (χ2n) is 7.01. The van der Waals surface area contributed by atoms with Crippen LogP contribution in [0.25, 0.3) is 16.3 Å². The highest BCUT2D eigenvalue weighted by Crippen LogP contribution is 2.32. The van der Waals surface area contributed by atoms with E-state index in [0.717, 1.165) is 31.9 Å². The number of H-pyrrole nitrogens is 1. The molecule has 2 heterocycles. The fraction of sp³-hybridized carbons (Fsp3) is 0.130. The van der Waals surface area contributed by atoms with E-state index in [0.29, 0.717) is 10.8 Å². The minimum Gasteiger partial charge on any atom is -0.495 e. The molecule has 0 radical (unpaired) electrons. The molecule has 0 unspecified atom stereocenters. The van der Waals surface area contributed by atoms with Gasteiger partial charge in [0.15, 0.2) is 0 Å². The molecule has 4 rings (SSSR count). The Balaban J connectivity index is 1.60. The number of carbonyl (C=O) groups excluding carboxylic acids is 1. The Kier molecular flexibility index (Phi) is 6.43. The standard InChI is InChI=1S/C23H19ClN4O4S/c1-13-19(33-21(27-13)14-7-3-4-8-16(14)24)12-25-20(29)15-11-26-23(31)28(22(15)30)17-9-5-6-10-18(17)32-2/h3-11H,12H2,1-2H3,(H,25,29)(H,26,31). The minimum absolute atomic E-state index is 0.167. The highest BCUT2D eigenvalue weighted by molar-refractivity contribution is 7.15. The summed E-state index contributed by atoms with van der Waals surface area (Å²) in [5.41, 5.74) is 0.174. The number of nitrogens with zero attached hydrogens (tertiary/aromatic N) is 2. The van der Waals surface area contributed by atoms with Crippen molar-refractivity contribution in [2.45, 2.75) is 13.5 Å². The summed E-state index contributed by atoms with van der Waals surface area (Å²) in [4.78, 5) is 46.0. The number of rotatable bonds is 6. The van der Waals surface area contributed by atoms with E-state index in [1.54, 1.807) is 30.3 Å². The highest BCUT2D eigenvalue weighted by Gasteiger charge is 2.19. The number of amides is 1. The average molecular weight is 483 g/mol. The summed E-state index contributed by atoms with van der Waals surface area (Å²) in [6, 6.07) is 14.0. The summed E-state index contributed by atoms with van der Waals surface area (Å²) in [5, 5.41) is 4.07. The van der Waals surface area contributed by atoms with Gasteiger partial charge in [-0.05, 0) is 25.1 Å². The van der Waals surface area contributed by atoms with Crippen LogP contribution in [0.2, 0.25) is 5.02 Å². The van der Waals surface area contributed by atoms with Gasteiger partial charge in [-0.15, -0.1) is 11.3 Å². The molecule has 0 fully saturated rings. The fourth-order valence-corrected chi connectivity index (χ4v) is 4.59. The van der Waals surface area contributed by atoms with E-state index in [-0.39, 0.29) is 17.8 Å². The van der Waals surface area contributed by atoms with Gasteiger partial charge < -0.3 is 15.0 Å². The van der Waals surface area contributed by atoms with E-state index < -0.39 is 17.2 Å². The predicted octanol–water partition coefficient (Wildman–Crippen LogP) is 3.55. The molecule has 0 aliphatic rings. The molecule has 0 aliphatic carbocycles. The summed E-state index contributed by atoms with van der Waals surface area (Å²) in [7, 11) is 1.43. The van der Waals surface area contributed by atoms with Gasteiger partial charge in [0.1, 0.15) is 16.3 Å². The first-order valence-electron chi connectivity index (χ1n) is 9.88. The lowest BCUT2D eigenvalue weighted by atomic mass is 10.2. The zero-order valence-electron chi connectivity index (χ0n) is 17.7. The first-order chi connectivity index (χ1) is 15.9.